The standard InChI is InChI=1S/C14H14ClNO2S/c1-18-13(11-6-7-19-9-11)8-16-14(17)10-2-4-12(15)5-3-10/h2-7,9,13H,8H2,1H3,(H,16,17). The zero-order valence-corrected chi connectivity index (χ0v) is 12.0. The molecule has 19 heavy (non-hydrogen) atoms. The van der Waals surface area contributed by atoms with Crippen molar-refractivity contribution in [3.05, 3.63) is 57.2 Å². The smallest absolute Gasteiger partial charge is 0.251 e. The van der Waals surface area contributed by atoms with Gasteiger partial charge in [-0.1, -0.05) is 11.6 Å². The number of thiophene rings is 1. The van der Waals surface area contributed by atoms with E-state index in [0.29, 0.717) is 17.1 Å². The molecular formula is C14H14ClNO2S. The average Bonchev–Trinajstić information content (AvgIpc) is 2.94. The second kappa shape index (κ2) is 6.70. The number of amides is 1. The molecule has 1 heterocycles. The summed E-state index contributed by atoms with van der Waals surface area (Å²) < 4.78 is 5.37. The van der Waals surface area contributed by atoms with E-state index in [1.54, 1.807) is 42.7 Å². The van der Waals surface area contributed by atoms with Crippen molar-refractivity contribution in [2.24, 2.45) is 0 Å². The Morgan fingerprint density at radius 1 is 1.37 bits per heavy atom. The summed E-state index contributed by atoms with van der Waals surface area (Å²) >= 11 is 7.39. The number of carbonyl (C=O) groups is 1. The lowest BCUT2D eigenvalue weighted by molar-refractivity contribution is 0.0829. The van der Waals surface area contributed by atoms with E-state index < -0.39 is 0 Å². The molecule has 0 fully saturated rings. The molecule has 0 saturated carbocycles. The third-order valence-electron chi connectivity index (χ3n) is 2.75. The number of nitrogens with one attached hydrogen (secondary N) is 1. The maximum atomic E-state index is 11.9. The molecule has 1 unspecified atom stereocenters. The molecule has 2 aromatic rings. The second-order valence-corrected chi connectivity index (χ2v) is 5.21. The first-order valence-electron chi connectivity index (χ1n) is 5.79. The Bertz CT molecular complexity index is 525. The molecule has 1 aromatic carbocycles. The van der Waals surface area contributed by atoms with E-state index in [9.17, 15) is 4.79 Å². The molecule has 0 bridgehead atoms. The van der Waals surface area contributed by atoms with Crippen LogP contribution in [0.2, 0.25) is 5.02 Å². The highest BCUT2D eigenvalue weighted by Crippen LogP contribution is 2.18. The third kappa shape index (κ3) is 3.80. The van der Waals surface area contributed by atoms with Crippen LogP contribution in [-0.2, 0) is 4.74 Å². The first kappa shape index (κ1) is 14.1. The molecule has 0 spiro atoms. The molecule has 1 aromatic heterocycles. The van der Waals surface area contributed by atoms with E-state index in [1.165, 1.54) is 0 Å². The highest BCUT2D eigenvalue weighted by molar-refractivity contribution is 7.07. The molecule has 3 nitrogen and oxygen atoms in total. The minimum absolute atomic E-state index is 0.123. The van der Waals surface area contributed by atoms with Crippen LogP contribution >= 0.6 is 22.9 Å². The topological polar surface area (TPSA) is 38.3 Å². The fourth-order valence-corrected chi connectivity index (χ4v) is 2.51. The Hall–Kier alpha value is -1.36. The van der Waals surface area contributed by atoms with Gasteiger partial charge in [0.2, 0.25) is 0 Å². The van der Waals surface area contributed by atoms with Crippen molar-refractivity contribution in [3.63, 3.8) is 0 Å². The van der Waals surface area contributed by atoms with Gasteiger partial charge in [0.05, 0.1) is 0 Å². The van der Waals surface area contributed by atoms with E-state index in [0.717, 1.165) is 5.56 Å². The largest absolute Gasteiger partial charge is 0.375 e. The lowest BCUT2D eigenvalue weighted by Crippen LogP contribution is -2.28. The van der Waals surface area contributed by atoms with Crippen LogP contribution in [0.15, 0.2) is 41.1 Å². The average molecular weight is 296 g/mol. The van der Waals surface area contributed by atoms with E-state index in [-0.39, 0.29) is 12.0 Å². The molecule has 0 aliphatic heterocycles. The van der Waals surface area contributed by atoms with Gasteiger partial charge in [-0.05, 0) is 46.7 Å². The highest BCUT2D eigenvalue weighted by Gasteiger charge is 2.13. The third-order valence-corrected chi connectivity index (χ3v) is 3.71. The molecule has 0 saturated heterocycles. The van der Waals surface area contributed by atoms with Crippen LogP contribution in [0.5, 0.6) is 0 Å². The second-order valence-electron chi connectivity index (χ2n) is 4.00. The minimum Gasteiger partial charge on any atom is -0.375 e. The van der Waals surface area contributed by atoms with Crippen LogP contribution < -0.4 is 5.32 Å². The van der Waals surface area contributed by atoms with Gasteiger partial charge >= 0.3 is 0 Å². The van der Waals surface area contributed by atoms with Gasteiger partial charge in [0.1, 0.15) is 6.10 Å². The number of methoxy groups -OCH3 is 1. The fourth-order valence-electron chi connectivity index (χ4n) is 1.68. The van der Waals surface area contributed by atoms with E-state index in [1.807, 2.05) is 16.8 Å². The van der Waals surface area contributed by atoms with Crippen molar-refractivity contribution in [1.82, 2.24) is 5.32 Å². The van der Waals surface area contributed by atoms with Crippen LogP contribution in [-0.4, -0.2) is 19.6 Å². The zero-order valence-electron chi connectivity index (χ0n) is 10.4. The SMILES string of the molecule is COC(CNC(=O)c1ccc(Cl)cc1)c1ccsc1. The normalized spacial score (nSPS) is 12.1. The number of halogens is 1. The number of carbonyl (C=O) groups excluding carboxylic acids is 1. The maximum Gasteiger partial charge on any atom is 0.251 e. The molecule has 1 N–H and O–H groups in total. The van der Waals surface area contributed by atoms with Gasteiger partial charge in [-0.3, -0.25) is 4.79 Å². The molecule has 1 atom stereocenters. The molecule has 5 heteroatoms. The summed E-state index contributed by atoms with van der Waals surface area (Å²) in [4.78, 5) is 11.9. The van der Waals surface area contributed by atoms with Gasteiger partial charge in [0.25, 0.3) is 5.91 Å². The molecular weight excluding hydrogens is 282 g/mol. The summed E-state index contributed by atoms with van der Waals surface area (Å²) in [7, 11) is 1.64. The number of rotatable bonds is 5. The Labute approximate surface area is 121 Å². The molecule has 100 valence electrons. The summed E-state index contributed by atoms with van der Waals surface area (Å²) in [5, 5.41) is 7.48. The van der Waals surface area contributed by atoms with Gasteiger partial charge in [0, 0.05) is 24.2 Å². The number of hydrogen-bond acceptors (Lipinski definition) is 3. The molecule has 0 aliphatic carbocycles. The van der Waals surface area contributed by atoms with Gasteiger partial charge < -0.3 is 10.1 Å². The molecule has 0 radical (unpaired) electrons. The summed E-state index contributed by atoms with van der Waals surface area (Å²) in [6.45, 7) is 0.439. The van der Waals surface area contributed by atoms with E-state index >= 15 is 0 Å². The summed E-state index contributed by atoms with van der Waals surface area (Å²) in [5.74, 6) is -0.131. The van der Waals surface area contributed by atoms with Crippen LogP contribution in [0, 0.1) is 0 Å². The number of ether oxygens (including phenoxy) is 1. The first-order chi connectivity index (χ1) is 9.20. The van der Waals surface area contributed by atoms with Crippen LogP contribution in [0.4, 0.5) is 0 Å². The van der Waals surface area contributed by atoms with Gasteiger partial charge in [-0.15, -0.1) is 0 Å². The molecule has 2 rings (SSSR count). The van der Waals surface area contributed by atoms with Crippen LogP contribution in [0.25, 0.3) is 0 Å². The van der Waals surface area contributed by atoms with Crippen molar-refractivity contribution in [2.75, 3.05) is 13.7 Å². The highest BCUT2D eigenvalue weighted by atomic mass is 35.5. The molecule has 0 aliphatic rings. The predicted molar refractivity (Wildman–Crippen MR) is 77.9 cm³/mol. The quantitative estimate of drug-likeness (QED) is 0.916. The van der Waals surface area contributed by atoms with Crippen molar-refractivity contribution in [1.29, 1.82) is 0 Å². The Morgan fingerprint density at radius 2 is 2.11 bits per heavy atom. The minimum atomic E-state index is -0.131. The van der Waals surface area contributed by atoms with Gasteiger partial charge in [-0.25, -0.2) is 0 Å². The monoisotopic (exact) mass is 295 g/mol. The Balaban J connectivity index is 1.94. The van der Waals surface area contributed by atoms with Gasteiger partial charge in [-0.2, -0.15) is 11.3 Å². The van der Waals surface area contributed by atoms with Crippen molar-refractivity contribution >= 4 is 28.8 Å². The summed E-state index contributed by atoms with van der Waals surface area (Å²) in [5.41, 5.74) is 1.66. The molecule has 1 amide bonds. The van der Waals surface area contributed by atoms with Crippen LogP contribution in [0.1, 0.15) is 22.0 Å². The van der Waals surface area contributed by atoms with Gasteiger partial charge in [0.15, 0.2) is 0 Å². The predicted octanol–water partition coefficient (Wildman–Crippen LogP) is 3.52. The first-order valence-corrected chi connectivity index (χ1v) is 7.11. The Morgan fingerprint density at radius 3 is 2.68 bits per heavy atom. The zero-order chi connectivity index (χ0) is 13.7. The Kier molecular flexibility index (Phi) is 4.96. The van der Waals surface area contributed by atoms with Crippen molar-refractivity contribution < 1.29 is 9.53 Å². The summed E-state index contributed by atoms with van der Waals surface area (Å²) in [6, 6.07) is 8.79. The van der Waals surface area contributed by atoms with E-state index in [4.69, 9.17) is 16.3 Å². The lowest BCUT2D eigenvalue weighted by Gasteiger charge is -2.15. The summed E-state index contributed by atoms with van der Waals surface area (Å²) in [6.07, 6.45) is -0.123. The van der Waals surface area contributed by atoms with Crippen molar-refractivity contribution in [2.45, 2.75) is 6.10 Å². The number of benzene rings is 1. The number of hydrogen-bond donors (Lipinski definition) is 1. The van der Waals surface area contributed by atoms with Crippen LogP contribution in [0.3, 0.4) is 0 Å². The lowest BCUT2D eigenvalue weighted by atomic mass is 10.2. The van der Waals surface area contributed by atoms with Crippen molar-refractivity contribution in [3.8, 4) is 0 Å². The fraction of sp³-hybridized carbons (Fsp3) is 0.214. The van der Waals surface area contributed by atoms with E-state index in [2.05, 4.69) is 5.32 Å². The maximum absolute atomic E-state index is 11.9.